The Kier molecular flexibility index (Phi) is 4.06. The van der Waals surface area contributed by atoms with Crippen LogP contribution in [0.5, 0.6) is 5.75 Å². The molecule has 9 heteroatoms. The zero-order valence-corrected chi connectivity index (χ0v) is 12.8. The number of fused-ring (bicyclic) bond motifs is 1. The van der Waals surface area contributed by atoms with Crippen molar-refractivity contribution in [2.75, 3.05) is 13.2 Å². The minimum atomic E-state index is -5.68. The van der Waals surface area contributed by atoms with E-state index in [0.717, 1.165) is 0 Å². The molecule has 1 aromatic rings. The summed E-state index contributed by atoms with van der Waals surface area (Å²) in [5.41, 5.74) is -5.92. The standard InChI is InChI=1S/C14H15F3O5S/c15-14(16,17)23(18,19)22-12-9-13(5-7-20-8-6-13)21-11-4-2-1-3-10(11)12/h1-4,12H,5-9H2. The molecule has 0 bridgehead atoms. The first kappa shape index (κ1) is 16.5. The van der Waals surface area contributed by atoms with Gasteiger partial charge in [-0.25, -0.2) is 0 Å². The molecule has 1 aromatic carbocycles. The van der Waals surface area contributed by atoms with Crippen LogP contribution in [0.1, 0.15) is 30.9 Å². The normalized spacial score (nSPS) is 24.0. The Labute approximate surface area is 131 Å². The van der Waals surface area contributed by atoms with E-state index in [9.17, 15) is 21.6 Å². The molecule has 3 rings (SSSR count). The third-order valence-corrected chi connectivity index (χ3v) is 5.13. The van der Waals surface area contributed by atoms with Crippen molar-refractivity contribution in [2.24, 2.45) is 0 Å². The van der Waals surface area contributed by atoms with E-state index in [1.54, 1.807) is 18.2 Å². The summed E-state index contributed by atoms with van der Waals surface area (Å²) in [6, 6.07) is 6.38. The summed E-state index contributed by atoms with van der Waals surface area (Å²) in [4.78, 5) is 0. The van der Waals surface area contributed by atoms with E-state index in [1.807, 2.05) is 0 Å². The van der Waals surface area contributed by atoms with Gasteiger partial charge in [0.25, 0.3) is 0 Å². The Balaban J connectivity index is 1.95. The van der Waals surface area contributed by atoms with Crippen LogP contribution in [0, 0.1) is 0 Å². The summed E-state index contributed by atoms with van der Waals surface area (Å²) in [6.07, 6.45) is -0.270. The van der Waals surface area contributed by atoms with Crippen LogP contribution in [-0.2, 0) is 19.0 Å². The van der Waals surface area contributed by atoms with Crippen molar-refractivity contribution < 1.29 is 35.2 Å². The summed E-state index contributed by atoms with van der Waals surface area (Å²) in [5.74, 6) is 0.350. The summed E-state index contributed by atoms with van der Waals surface area (Å²) < 4.78 is 76.4. The number of rotatable bonds is 2. The molecule has 1 fully saturated rings. The molecule has 23 heavy (non-hydrogen) atoms. The average molecular weight is 352 g/mol. The lowest BCUT2D eigenvalue weighted by Gasteiger charge is -2.43. The molecule has 0 radical (unpaired) electrons. The second kappa shape index (κ2) is 5.64. The SMILES string of the molecule is O=S(=O)(OC1CC2(CCOCC2)Oc2ccccc21)C(F)(F)F. The number of hydrogen-bond acceptors (Lipinski definition) is 5. The predicted octanol–water partition coefficient (Wildman–Crippen LogP) is 2.93. The van der Waals surface area contributed by atoms with Gasteiger partial charge in [0.15, 0.2) is 0 Å². The Hall–Kier alpha value is -1.32. The van der Waals surface area contributed by atoms with Crippen molar-refractivity contribution in [3.05, 3.63) is 29.8 Å². The third-order valence-electron chi connectivity index (χ3n) is 4.08. The molecular formula is C14H15F3O5S. The second-order valence-electron chi connectivity index (χ2n) is 5.62. The Morgan fingerprint density at radius 2 is 1.83 bits per heavy atom. The highest BCUT2D eigenvalue weighted by Crippen LogP contribution is 2.47. The van der Waals surface area contributed by atoms with Gasteiger partial charge in [0.2, 0.25) is 0 Å². The van der Waals surface area contributed by atoms with Gasteiger partial charge in [-0.2, -0.15) is 21.6 Å². The van der Waals surface area contributed by atoms with Crippen molar-refractivity contribution >= 4 is 10.1 Å². The number of para-hydroxylation sites is 1. The van der Waals surface area contributed by atoms with E-state index in [1.165, 1.54) is 6.07 Å². The quantitative estimate of drug-likeness (QED) is 0.605. The minimum Gasteiger partial charge on any atom is -0.487 e. The van der Waals surface area contributed by atoms with E-state index in [-0.39, 0.29) is 6.42 Å². The minimum absolute atomic E-state index is 0.0304. The van der Waals surface area contributed by atoms with Crippen LogP contribution < -0.4 is 4.74 Å². The maximum absolute atomic E-state index is 12.6. The summed E-state index contributed by atoms with van der Waals surface area (Å²) >= 11 is 0. The molecule has 0 aromatic heterocycles. The second-order valence-corrected chi connectivity index (χ2v) is 7.19. The summed E-state index contributed by atoms with van der Waals surface area (Å²) in [7, 11) is -5.68. The van der Waals surface area contributed by atoms with Gasteiger partial charge in [-0.1, -0.05) is 18.2 Å². The molecule has 1 atom stereocenters. The average Bonchev–Trinajstić information content (AvgIpc) is 2.46. The van der Waals surface area contributed by atoms with Crippen molar-refractivity contribution in [2.45, 2.75) is 36.5 Å². The first-order valence-electron chi connectivity index (χ1n) is 7.08. The Morgan fingerprint density at radius 3 is 2.48 bits per heavy atom. The van der Waals surface area contributed by atoms with E-state index in [2.05, 4.69) is 4.18 Å². The van der Waals surface area contributed by atoms with Crippen molar-refractivity contribution in [3.63, 3.8) is 0 Å². The topological polar surface area (TPSA) is 61.8 Å². The van der Waals surface area contributed by atoms with Crippen molar-refractivity contribution in [1.82, 2.24) is 0 Å². The number of alkyl halides is 3. The summed E-state index contributed by atoms with van der Waals surface area (Å²) in [6.45, 7) is 0.807. The molecule has 0 aliphatic carbocycles. The predicted molar refractivity (Wildman–Crippen MR) is 73.3 cm³/mol. The number of benzene rings is 1. The monoisotopic (exact) mass is 352 g/mol. The van der Waals surface area contributed by atoms with Crippen LogP contribution in [0.2, 0.25) is 0 Å². The third kappa shape index (κ3) is 3.17. The summed E-state index contributed by atoms with van der Waals surface area (Å²) in [5, 5.41) is 0. The zero-order chi connectivity index (χ0) is 16.7. The van der Waals surface area contributed by atoms with Gasteiger partial charge in [-0.05, 0) is 6.07 Å². The highest BCUT2D eigenvalue weighted by molar-refractivity contribution is 7.87. The van der Waals surface area contributed by atoms with E-state index in [0.29, 0.717) is 37.4 Å². The van der Waals surface area contributed by atoms with Crippen LogP contribution in [0.25, 0.3) is 0 Å². The number of halogens is 3. The van der Waals surface area contributed by atoms with Crippen molar-refractivity contribution in [3.8, 4) is 5.75 Å². The van der Waals surface area contributed by atoms with E-state index >= 15 is 0 Å². The van der Waals surface area contributed by atoms with Gasteiger partial charge < -0.3 is 9.47 Å². The van der Waals surface area contributed by atoms with Crippen LogP contribution in [0.3, 0.4) is 0 Å². The Bertz CT molecular complexity index is 680. The highest BCUT2D eigenvalue weighted by atomic mass is 32.2. The molecule has 5 nitrogen and oxygen atoms in total. The lowest BCUT2D eigenvalue weighted by atomic mass is 9.83. The lowest BCUT2D eigenvalue weighted by Crippen LogP contribution is -2.46. The molecule has 1 saturated heterocycles. The van der Waals surface area contributed by atoms with E-state index < -0.39 is 27.3 Å². The van der Waals surface area contributed by atoms with Gasteiger partial charge >= 0.3 is 15.6 Å². The molecule has 0 saturated carbocycles. The first-order valence-corrected chi connectivity index (χ1v) is 8.49. The van der Waals surface area contributed by atoms with Crippen LogP contribution in [0.15, 0.2) is 24.3 Å². The molecule has 0 N–H and O–H groups in total. The van der Waals surface area contributed by atoms with Gasteiger partial charge in [-0.3, -0.25) is 4.18 Å². The molecule has 0 amide bonds. The molecule has 2 heterocycles. The van der Waals surface area contributed by atoms with E-state index in [4.69, 9.17) is 9.47 Å². The van der Waals surface area contributed by atoms with Crippen molar-refractivity contribution in [1.29, 1.82) is 0 Å². The maximum atomic E-state index is 12.6. The number of hydrogen-bond donors (Lipinski definition) is 0. The fraction of sp³-hybridized carbons (Fsp3) is 0.571. The van der Waals surface area contributed by atoms with Gasteiger partial charge in [0.05, 0.1) is 13.2 Å². The largest absolute Gasteiger partial charge is 0.523 e. The molecular weight excluding hydrogens is 337 g/mol. The van der Waals surface area contributed by atoms with Crippen LogP contribution >= 0.6 is 0 Å². The van der Waals surface area contributed by atoms with Gasteiger partial charge in [0, 0.05) is 24.8 Å². The first-order chi connectivity index (χ1) is 10.7. The fourth-order valence-electron chi connectivity index (χ4n) is 2.91. The maximum Gasteiger partial charge on any atom is 0.523 e. The fourth-order valence-corrected chi connectivity index (χ4v) is 3.49. The smallest absolute Gasteiger partial charge is 0.487 e. The molecule has 2 aliphatic heterocycles. The van der Waals surface area contributed by atoms with Crippen LogP contribution in [0.4, 0.5) is 13.2 Å². The van der Waals surface area contributed by atoms with Crippen LogP contribution in [-0.4, -0.2) is 32.7 Å². The highest BCUT2D eigenvalue weighted by Gasteiger charge is 2.51. The number of ether oxygens (including phenoxy) is 2. The lowest BCUT2D eigenvalue weighted by molar-refractivity contribution is -0.0885. The Morgan fingerprint density at radius 1 is 1.17 bits per heavy atom. The molecule has 1 unspecified atom stereocenters. The molecule has 128 valence electrons. The molecule has 1 spiro atoms. The van der Waals surface area contributed by atoms with Gasteiger partial charge in [0.1, 0.15) is 17.5 Å². The zero-order valence-electron chi connectivity index (χ0n) is 12.0. The molecule has 2 aliphatic rings. The van der Waals surface area contributed by atoms with Gasteiger partial charge in [-0.15, -0.1) is 0 Å².